The maximum atomic E-state index is 10.4. The molecule has 12 heavy (non-hydrogen) atoms. The van der Waals surface area contributed by atoms with Gasteiger partial charge in [0.15, 0.2) is 0 Å². The Kier molecular flexibility index (Phi) is 3.81. The van der Waals surface area contributed by atoms with Gasteiger partial charge in [-0.3, -0.25) is 4.79 Å². The first-order valence-electron chi connectivity index (χ1n) is 3.90. The van der Waals surface area contributed by atoms with Crippen LogP contribution >= 0.6 is 24.0 Å². The standard InChI is InChI=1S/C7H12N2OS2/c8-6(10)5-12-7(11)9-3-1-2-4-9/h1-5H2,(H2,8,10). The quantitative estimate of drug-likeness (QED) is 0.669. The zero-order valence-electron chi connectivity index (χ0n) is 6.78. The molecule has 3 nitrogen and oxygen atoms in total. The lowest BCUT2D eigenvalue weighted by atomic mass is 10.4. The summed E-state index contributed by atoms with van der Waals surface area (Å²) in [7, 11) is 0. The minimum absolute atomic E-state index is 0.301. The first-order chi connectivity index (χ1) is 5.70. The molecule has 5 heteroatoms. The van der Waals surface area contributed by atoms with Gasteiger partial charge in [-0.15, -0.1) is 0 Å². The second-order valence-electron chi connectivity index (χ2n) is 2.72. The number of likely N-dealkylation sites (tertiary alicyclic amines) is 1. The Labute approximate surface area is 81.7 Å². The van der Waals surface area contributed by atoms with E-state index in [-0.39, 0.29) is 5.91 Å². The van der Waals surface area contributed by atoms with Gasteiger partial charge in [-0.05, 0) is 12.8 Å². The summed E-state index contributed by atoms with van der Waals surface area (Å²) < 4.78 is 0.811. The van der Waals surface area contributed by atoms with Gasteiger partial charge in [0.2, 0.25) is 5.91 Å². The molecular formula is C7H12N2OS2. The van der Waals surface area contributed by atoms with Gasteiger partial charge in [0, 0.05) is 13.1 Å². The smallest absolute Gasteiger partial charge is 0.227 e. The van der Waals surface area contributed by atoms with Crippen molar-refractivity contribution < 1.29 is 4.79 Å². The van der Waals surface area contributed by atoms with Crippen molar-refractivity contribution in [3.05, 3.63) is 0 Å². The summed E-state index contributed by atoms with van der Waals surface area (Å²) in [5.74, 6) is -0.00320. The van der Waals surface area contributed by atoms with Crippen molar-refractivity contribution in [2.45, 2.75) is 12.8 Å². The molecule has 1 saturated heterocycles. The number of hydrogen-bond donors (Lipinski definition) is 1. The van der Waals surface area contributed by atoms with Crippen molar-refractivity contribution >= 4 is 34.2 Å². The molecule has 1 heterocycles. The van der Waals surface area contributed by atoms with Gasteiger partial charge in [0.25, 0.3) is 0 Å². The van der Waals surface area contributed by atoms with E-state index in [4.69, 9.17) is 18.0 Å². The predicted molar refractivity (Wildman–Crippen MR) is 55.1 cm³/mol. The fourth-order valence-electron chi connectivity index (χ4n) is 1.12. The zero-order valence-corrected chi connectivity index (χ0v) is 8.42. The number of thiocarbonyl (C=S) groups is 1. The van der Waals surface area contributed by atoms with Gasteiger partial charge in [0.05, 0.1) is 5.75 Å². The Morgan fingerprint density at radius 2 is 2.08 bits per heavy atom. The summed E-state index contributed by atoms with van der Waals surface area (Å²) in [5.41, 5.74) is 5.00. The van der Waals surface area contributed by atoms with E-state index in [1.165, 1.54) is 24.6 Å². The number of thioether (sulfide) groups is 1. The van der Waals surface area contributed by atoms with Gasteiger partial charge in [-0.25, -0.2) is 0 Å². The molecule has 0 atom stereocenters. The van der Waals surface area contributed by atoms with E-state index in [9.17, 15) is 4.79 Å². The second-order valence-corrected chi connectivity index (χ2v) is 4.32. The molecule has 0 unspecified atom stereocenters. The molecule has 0 aliphatic carbocycles. The third kappa shape index (κ3) is 2.98. The molecule has 0 bridgehead atoms. The van der Waals surface area contributed by atoms with Gasteiger partial charge in [-0.1, -0.05) is 24.0 Å². The van der Waals surface area contributed by atoms with E-state index in [0.29, 0.717) is 5.75 Å². The first-order valence-corrected chi connectivity index (χ1v) is 5.29. The number of primary amides is 1. The number of hydrogen-bond acceptors (Lipinski definition) is 3. The molecule has 68 valence electrons. The molecule has 0 aromatic heterocycles. The van der Waals surface area contributed by atoms with Crippen molar-refractivity contribution in [1.82, 2.24) is 4.90 Å². The number of rotatable bonds is 2. The van der Waals surface area contributed by atoms with Crippen molar-refractivity contribution in [3.8, 4) is 0 Å². The van der Waals surface area contributed by atoms with Crippen LogP contribution in [0.2, 0.25) is 0 Å². The molecule has 2 N–H and O–H groups in total. The van der Waals surface area contributed by atoms with Crippen LogP contribution in [0, 0.1) is 0 Å². The molecule has 1 rings (SSSR count). The van der Waals surface area contributed by atoms with Crippen LogP contribution in [-0.4, -0.2) is 34.0 Å². The summed E-state index contributed by atoms with van der Waals surface area (Å²) in [5, 5.41) is 0. The first kappa shape index (κ1) is 9.80. The van der Waals surface area contributed by atoms with E-state index in [0.717, 1.165) is 17.4 Å². The average Bonchev–Trinajstić information content (AvgIpc) is 2.51. The summed E-state index contributed by atoms with van der Waals surface area (Å²) in [6.07, 6.45) is 2.41. The van der Waals surface area contributed by atoms with Gasteiger partial charge < -0.3 is 10.6 Å². The Morgan fingerprint density at radius 1 is 1.50 bits per heavy atom. The maximum absolute atomic E-state index is 10.4. The molecular weight excluding hydrogens is 192 g/mol. The zero-order chi connectivity index (χ0) is 8.97. The minimum Gasteiger partial charge on any atom is -0.369 e. The molecule has 0 spiro atoms. The third-order valence-corrected chi connectivity index (χ3v) is 3.25. The third-order valence-electron chi connectivity index (χ3n) is 1.70. The van der Waals surface area contributed by atoms with E-state index in [2.05, 4.69) is 4.90 Å². The Balaban J connectivity index is 2.23. The van der Waals surface area contributed by atoms with Crippen LogP contribution in [0.15, 0.2) is 0 Å². The summed E-state index contributed by atoms with van der Waals surface area (Å²) in [6.45, 7) is 2.06. The number of amides is 1. The van der Waals surface area contributed by atoms with E-state index < -0.39 is 0 Å². The molecule has 0 saturated carbocycles. The van der Waals surface area contributed by atoms with Crippen molar-refractivity contribution in [1.29, 1.82) is 0 Å². The molecule has 1 fully saturated rings. The predicted octanol–water partition coefficient (Wildman–Crippen LogP) is 0.586. The highest BCUT2D eigenvalue weighted by atomic mass is 32.2. The summed E-state index contributed by atoms with van der Waals surface area (Å²) in [4.78, 5) is 12.6. The Bertz CT molecular complexity index is 190. The van der Waals surface area contributed by atoms with Gasteiger partial charge in [-0.2, -0.15) is 0 Å². The highest BCUT2D eigenvalue weighted by Gasteiger charge is 2.15. The van der Waals surface area contributed by atoms with Gasteiger partial charge in [0.1, 0.15) is 4.32 Å². The van der Waals surface area contributed by atoms with Crippen molar-refractivity contribution in [2.24, 2.45) is 5.73 Å². The second kappa shape index (κ2) is 4.67. The molecule has 0 radical (unpaired) electrons. The van der Waals surface area contributed by atoms with E-state index >= 15 is 0 Å². The fourth-order valence-corrected chi connectivity index (χ4v) is 2.11. The van der Waals surface area contributed by atoms with Crippen LogP contribution in [0.1, 0.15) is 12.8 Å². The highest BCUT2D eigenvalue weighted by molar-refractivity contribution is 8.23. The maximum Gasteiger partial charge on any atom is 0.227 e. The number of carbonyl (C=O) groups is 1. The SMILES string of the molecule is NC(=O)CSC(=S)N1CCCC1. The van der Waals surface area contributed by atoms with Crippen LogP contribution in [0.25, 0.3) is 0 Å². The lowest BCUT2D eigenvalue weighted by molar-refractivity contribution is -0.115. The van der Waals surface area contributed by atoms with Crippen LogP contribution in [0.4, 0.5) is 0 Å². The highest BCUT2D eigenvalue weighted by Crippen LogP contribution is 2.15. The monoisotopic (exact) mass is 204 g/mol. The van der Waals surface area contributed by atoms with Crippen LogP contribution in [0.5, 0.6) is 0 Å². The minimum atomic E-state index is -0.304. The lowest BCUT2D eigenvalue weighted by Gasteiger charge is -2.16. The van der Waals surface area contributed by atoms with Crippen molar-refractivity contribution in [2.75, 3.05) is 18.8 Å². The van der Waals surface area contributed by atoms with Crippen LogP contribution < -0.4 is 5.73 Å². The van der Waals surface area contributed by atoms with Crippen molar-refractivity contribution in [3.63, 3.8) is 0 Å². The van der Waals surface area contributed by atoms with Gasteiger partial charge >= 0.3 is 0 Å². The summed E-state index contributed by atoms with van der Waals surface area (Å²) in [6, 6.07) is 0. The van der Waals surface area contributed by atoms with Crippen LogP contribution in [-0.2, 0) is 4.79 Å². The van der Waals surface area contributed by atoms with E-state index in [1.54, 1.807) is 0 Å². The fraction of sp³-hybridized carbons (Fsp3) is 0.714. The summed E-state index contributed by atoms with van der Waals surface area (Å²) >= 11 is 6.48. The van der Waals surface area contributed by atoms with Crippen LogP contribution in [0.3, 0.4) is 0 Å². The van der Waals surface area contributed by atoms with E-state index in [1.807, 2.05) is 0 Å². The number of nitrogens with two attached hydrogens (primary N) is 1. The number of nitrogens with zero attached hydrogens (tertiary/aromatic N) is 1. The topological polar surface area (TPSA) is 46.3 Å². The largest absolute Gasteiger partial charge is 0.369 e. The molecule has 1 aliphatic heterocycles. The Morgan fingerprint density at radius 3 is 2.58 bits per heavy atom. The normalized spacial score (nSPS) is 16.5. The lowest BCUT2D eigenvalue weighted by Crippen LogP contribution is -2.25. The number of carbonyl (C=O) groups excluding carboxylic acids is 1. The Hall–Kier alpha value is -0.290. The molecule has 0 aromatic rings. The molecule has 0 aromatic carbocycles. The molecule has 1 amide bonds. The molecule has 1 aliphatic rings. The average molecular weight is 204 g/mol.